The van der Waals surface area contributed by atoms with Gasteiger partial charge in [0.15, 0.2) is 0 Å². The Labute approximate surface area is 34.6 Å². The van der Waals surface area contributed by atoms with Gasteiger partial charge in [-0.3, -0.25) is 0 Å². The number of hydrogen-bond acceptors (Lipinski definition) is 2. The van der Waals surface area contributed by atoms with Crippen LogP contribution in [0.1, 0.15) is 0 Å². The van der Waals surface area contributed by atoms with E-state index in [-0.39, 0.29) is 0 Å². The molecule has 0 aliphatic heterocycles. The Morgan fingerprint density at radius 1 is 1.33 bits per heavy atom. The normalized spacial score (nSPS) is 8.67. The van der Waals surface area contributed by atoms with Gasteiger partial charge in [0, 0.05) is 0 Å². The first-order chi connectivity index (χ1) is 2.89. The van der Waals surface area contributed by atoms with Crippen LogP contribution in [0.3, 0.4) is 0 Å². The number of aromatic nitrogens is 3. The standard InChI is InChI=1S/C2H3N4/c3-6-1-4-5-2-6/h1-3H. The van der Waals surface area contributed by atoms with Crippen LogP contribution in [-0.2, 0) is 0 Å². The zero-order valence-electron chi connectivity index (χ0n) is 3.00. The SMILES string of the molecule is [NH]n1cnnc1. The van der Waals surface area contributed by atoms with Crippen LogP contribution in [0, 0.1) is 0 Å². The van der Waals surface area contributed by atoms with Crippen LogP contribution >= 0.6 is 0 Å². The van der Waals surface area contributed by atoms with Crippen LogP contribution < -0.4 is 5.84 Å². The predicted octanol–water partition coefficient (Wildman–Crippen LogP) is -0.676. The maximum Gasteiger partial charge on any atom is 0.140 e. The molecule has 1 heterocycles. The van der Waals surface area contributed by atoms with E-state index in [9.17, 15) is 0 Å². The van der Waals surface area contributed by atoms with Crippen LogP contribution in [0.25, 0.3) is 0 Å². The summed E-state index contributed by atoms with van der Waals surface area (Å²) in [5.74, 6) is 6.67. The summed E-state index contributed by atoms with van der Waals surface area (Å²) in [4.78, 5) is 0. The van der Waals surface area contributed by atoms with Gasteiger partial charge < -0.3 is 0 Å². The largest absolute Gasteiger partial charge is 0.220 e. The van der Waals surface area contributed by atoms with Crippen molar-refractivity contribution < 1.29 is 0 Å². The quantitative estimate of drug-likeness (QED) is 0.417. The minimum atomic E-state index is 1.03. The molecule has 0 spiro atoms. The fraction of sp³-hybridized carbons (Fsp3) is 0. The smallest absolute Gasteiger partial charge is 0.140 e. The van der Waals surface area contributed by atoms with E-state index in [1.54, 1.807) is 0 Å². The molecule has 0 aliphatic rings. The van der Waals surface area contributed by atoms with E-state index in [0.717, 1.165) is 4.68 Å². The molecule has 1 aromatic rings. The van der Waals surface area contributed by atoms with E-state index < -0.39 is 0 Å². The molecule has 6 heavy (non-hydrogen) atoms. The lowest BCUT2D eigenvalue weighted by atomic mass is 11.3. The molecular formula is C2H3N4. The molecular weight excluding hydrogens is 80.0 g/mol. The Morgan fingerprint density at radius 3 is 2.00 bits per heavy atom. The second-order valence-electron chi connectivity index (χ2n) is 0.869. The third-order valence-corrected chi connectivity index (χ3v) is 0.419. The monoisotopic (exact) mass is 83.0 g/mol. The Balaban J connectivity index is 3.05. The maximum atomic E-state index is 6.67. The molecule has 0 aromatic carbocycles. The summed E-state index contributed by atoms with van der Waals surface area (Å²) >= 11 is 0. The van der Waals surface area contributed by atoms with Crippen LogP contribution in [0.15, 0.2) is 12.7 Å². The minimum absolute atomic E-state index is 1.03. The molecule has 4 heteroatoms. The second kappa shape index (κ2) is 0.965. The van der Waals surface area contributed by atoms with Crippen molar-refractivity contribution in [3.05, 3.63) is 12.7 Å². The van der Waals surface area contributed by atoms with Crippen molar-refractivity contribution in [1.29, 1.82) is 0 Å². The van der Waals surface area contributed by atoms with Gasteiger partial charge in [0.25, 0.3) is 0 Å². The molecule has 4 nitrogen and oxygen atoms in total. The molecule has 0 aliphatic carbocycles. The van der Waals surface area contributed by atoms with Crippen molar-refractivity contribution in [1.82, 2.24) is 20.7 Å². The van der Waals surface area contributed by atoms with Crippen molar-refractivity contribution in [3.8, 4) is 0 Å². The molecule has 0 saturated carbocycles. The van der Waals surface area contributed by atoms with E-state index in [1.807, 2.05) is 0 Å². The van der Waals surface area contributed by atoms with Gasteiger partial charge in [0.2, 0.25) is 0 Å². The molecule has 1 aromatic heterocycles. The summed E-state index contributed by atoms with van der Waals surface area (Å²) in [5.41, 5.74) is 0. The molecule has 0 saturated heterocycles. The molecule has 31 valence electrons. The minimum Gasteiger partial charge on any atom is -0.220 e. The highest BCUT2D eigenvalue weighted by molar-refractivity contribution is 4.51. The third-order valence-electron chi connectivity index (χ3n) is 0.419. The van der Waals surface area contributed by atoms with Crippen molar-refractivity contribution in [2.75, 3.05) is 0 Å². The van der Waals surface area contributed by atoms with E-state index in [4.69, 9.17) is 5.84 Å². The fourth-order valence-electron chi connectivity index (χ4n) is 0.201. The topological polar surface area (TPSA) is 54.5 Å². The van der Waals surface area contributed by atoms with Crippen LogP contribution in [0.2, 0.25) is 0 Å². The number of nitrogens with one attached hydrogen (secondary N) is 1. The van der Waals surface area contributed by atoms with Crippen molar-refractivity contribution in [3.63, 3.8) is 0 Å². The van der Waals surface area contributed by atoms with Crippen LogP contribution in [0.5, 0.6) is 0 Å². The first kappa shape index (κ1) is 3.14. The summed E-state index contributed by atoms with van der Waals surface area (Å²) in [6, 6.07) is 0. The highest BCUT2D eigenvalue weighted by Gasteiger charge is 1.72. The molecule has 0 bridgehead atoms. The van der Waals surface area contributed by atoms with Crippen molar-refractivity contribution in [2.45, 2.75) is 0 Å². The summed E-state index contributed by atoms with van der Waals surface area (Å²) in [5, 5.41) is 6.69. The molecule has 0 amide bonds. The van der Waals surface area contributed by atoms with E-state index in [1.165, 1.54) is 12.7 Å². The lowest BCUT2D eigenvalue weighted by Crippen LogP contribution is -1.84. The lowest BCUT2D eigenvalue weighted by molar-refractivity contribution is 0.832. The van der Waals surface area contributed by atoms with Gasteiger partial charge in [-0.05, 0) is 0 Å². The molecule has 1 N–H and O–H groups in total. The van der Waals surface area contributed by atoms with Crippen LogP contribution in [0.4, 0.5) is 0 Å². The summed E-state index contributed by atoms with van der Waals surface area (Å²) in [6.07, 6.45) is 2.61. The third kappa shape index (κ3) is 0.314. The molecule has 1 radical (unpaired) electrons. The van der Waals surface area contributed by atoms with Gasteiger partial charge in [-0.1, -0.05) is 0 Å². The second-order valence-corrected chi connectivity index (χ2v) is 0.869. The van der Waals surface area contributed by atoms with E-state index in [2.05, 4.69) is 10.2 Å². The van der Waals surface area contributed by atoms with E-state index in [0.29, 0.717) is 0 Å². The molecule has 0 unspecified atom stereocenters. The summed E-state index contributed by atoms with van der Waals surface area (Å²) in [7, 11) is 0. The first-order valence-corrected chi connectivity index (χ1v) is 1.46. The number of rotatable bonds is 0. The van der Waals surface area contributed by atoms with Crippen molar-refractivity contribution in [2.24, 2.45) is 0 Å². The average Bonchev–Trinajstić information content (AvgIpc) is 1.86. The molecule has 0 atom stereocenters. The summed E-state index contributed by atoms with van der Waals surface area (Å²) < 4.78 is 1.03. The Hall–Kier alpha value is -1.06. The summed E-state index contributed by atoms with van der Waals surface area (Å²) in [6.45, 7) is 0. The predicted molar refractivity (Wildman–Crippen MR) is 18.5 cm³/mol. The van der Waals surface area contributed by atoms with Gasteiger partial charge in [0.05, 0.1) is 0 Å². The Kier molecular flexibility index (Phi) is 0.506. The highest BCUT2D eigenvalue weighted by atomic mass is 15.4. The van der Waals surface area contributed by atoms with Crippen LogP contribution in [-0.4, -0.2) is 14.9 Å². The molecule has 0 fully saturated rings. The Bertz CT molecular complexity index is 109. The van der Waals surface area contributed by atoms with E-state index >= 15 is 0 Å². The zero-order valence-corrected chi connectivity index (χ0v) is 3.00. The van der Waals surface area contributed by atoms with Gasteiger partial charge in [-0.25, -0.2) is 10.5 Å². The zero-order chi connectivity index (χ0) is 4.41. The number of hydrogen-bond donors (Lipinski definition) is 0. The Morgan fingerprint density at radius 2 is 1.83 bits per heavy atom. The van der Waals surface area contributed by atoms with Crippen molar-refractivity contribution >= 4 is 0 Å². The van der Waals surface area contributed by atoms with Gasteiger partial charge in [-0.15, -0.1) is 10.2 Å². The highest BCUT2D eigenvalue weighted by Crippen LogP contribution is 1.64. The maximum absolute atomic E-state index is 6.67. The van der Waals surface area contributed by atoms with Gasteiger partial charge >= 0.3 is 0 Å². The molecule has 1 rings (SSSR count). The first-order valence-electron chi connectivity index (χ1n) is 1.46. The fourth-order valence-corrected chi connectivity index (χ4v) is 0.201. The lowest BCUT2D eigenvalue weighted by Gasteiger charge is -1.72. The van der Waals surface area contributed by atoms with Gasteiger partial charge in [0.1, 0.15) is 12.7 Å². The average molecular weight is 83.1 g/mol. The van der Waals surface area contributed by atoms with Gasteiger partial charge in [-0.2, -0.15) is 0 Å². The number of nitrogens with zero attached hydrogens (tertiary/aromatic N) is 3.